The summed E-state index contributed by atoms with van der Waals surface area (Å²) in [5, 5.41) is 8.82. The van der Waals surface area contributed by atoms with E-state index in [2.05, 4.69) is 24.8 Å². The Morgan fingerprint density at radius 3 is 2.88 bits per heavy atom. The molecule has 1 aromatic rings. The van der Waals surface area contributed by atoms with Gasteiger partial charge in [0.05, 0.1) is 35.7 Å². The summed E-state index contributed by atoms with van der Waals surface area (Å²) in [6, 6.07) is 7.85. The largest absolute Gasteiger partial charge is 0.397 e. The summed E-state index contributed by atoms with van der Waals surface area (Å²) in [4.78, 5) is 2.24. The van der Waals surface area contributed by atoms with E-state index in [1.54, 1.807) is 12.1 Å². The van der Waals surface area contributed by atoms with Gasteiger partial charge in [-0.1, -0.05) is 0 Å². The van der Waals surface area contributed by atoms with Crippen LogP contribution in [0.2, 0.25) is 0 Å². The van der Waals surface area contributed by atoms with Crippen molar-refractivity contribution in [1.29, 1.82) is 5.26 Å². The number of morpholine rings is 1. The fourth-order valence-corrected chi connectivity index (χ4v) is 2.12. The molecule has 1 fully saturated rings. The molecule has 2 N–H and O–H groups in total. The molecular weight excluding hydrogens is 214 g/mol. The fourth-order valence-electron chi connectivity index (χ4n) is 2.12. The molecule has 0 saturated carbocycles. The summed E-state index contributed by atoms with van der Waals surface area (Å²) >= 11 is 0. The van der Waals surface area contributed by atoms with E-state index in [4.69, 9.17) is 15.7 Å². The summed E-state index contributed by atoms with van der Waals surface area (Å²) in [6.07, 6.45) is 0.209. The van der Waals surface area contributed by atoms with E-state index in [-0.39, 0.29) is 6.10 Å². The van der Waals surface area contributed by atoms with Gasteiger partial charge in [-0.3, -0.25) is 0 Å². The van der Waals surface area contributed by atoms with E-state index in [1.165, 1.54) is 0 Å². The van der Waals surface area contributed by atoms with Crippen LogP contribution in [0.5, 0.6) is 0 Å². The molecule has 0 amide bonds. The minimum Gasteiger partial charge on any atom is -0.397 e. The SMILES string of the molecule is CC1CN(c2ccc(C#N)cc2N)C(C)CO1. The summed E-state index contributed by atoms with van der Waals surface area (Å²) in [5.41, 5.74) is 8.25. The van der Waals surface area contributed by atoms with Gasteiger partial charge in [-0.25, -0.2) is 0 Å². The summed E-state index contributed by atoms with van der Waals surface area (Å²) in [7, 11) is 0. The molecule has 1 saturated heterocycles. The molecule has 90 valence electrons. The molecule has 0 radical (unpaired) electrons. The highest BCUT2D eigenvalue weighted by molar-refractivity contribution is 5.70. The lowest BCUT2D eigenvalue weighted by Crippen LogP contribution is -2.47. The third-order valence-corrected chi connectivity index (χ3v) is 3.07. The standard InChI is InChI=1S/C13H17N3O/c1-9-8-17-10(2)7-16(9)13-4-3-11(6-14)5-12(13)15/h3-5,9-10H,7-8,15H2,1-2H3. The summed E-state index contributed by atoms with van der Waals surface area (Å²) in [5.74, 6) is 0. The second-order valence-corrected chi connectivity index (χ2v) is 4.53. The van der Waals surface area contributed by atoms with Crippen molar-refractivity contribution in [3.05, 3.63) is 23.8 Å². The van der Waals surface area contributed by atoms with E-state index in [0.29, 0.717) is 23.9 Å². The molecule has 17 heavy (non-hydrogen) atoms. The maximum absolute atomic E-state index is 8.82. The molecule has 2 rings (SSSR count). The molecular formula is C13H17N3O. The molecule has 0 bridgehead atoms. The van der Waals surface area contributed by atoms with Gasteiger partial charge in [-0.15, -0.1) is 0 Å². The van der Waals surface area contributed by atoms with E-state index in [0.717, 1.165) is 12.2 Å². The molecule has 2 unspecified atom stereocenters. The van der Waals surface area contributed by atoms with Crippen molar-refractivity contribution < 1.29 is 4.74 Å². The molecule has 4 heteroatoms. The minimum atomic E-state index is 0.209. The summed E-state index contributed by atoms with van der Waals surface area (Å²) in [6.45, 7) is 5.71. The van der Waals surface area contributed by atoms with Crippen LogP contribution in [0.3, 0.4) is 0 Å². The van der Waals surface area contributed by atoms with E-state index in [1.807, 2.05) is 6.07 Å². The summed E-state index contributed by atoms with van der Waals surface area (Å²) < 4.78 is 5.59. The molecule has 1 aliphatic heterocycles. The van der Waals surface area contributed by atoms with Crippen molar-refractivity contribution in [2.24, 2.45) is 0 Å². The molecule has 1 aliphatic rings. The van der Waals surface area contributed by atoms with Crippen molar-refractivity contribution in [3.8, 4) is 6.07 Å². The second-order valence-electron chi connectivity index (χ2n) is 4.53. The van der Waals surface area contributed by atoms with Crippen molar-refractivity contribution in [2.75, 3.05) is 23.8 Å². The first kappa shape index (κ1) is 11.7. The molecule has 0 spiro atoms. The normalized spacial score (nSPS) is 24.4. The Hall–Kier alpha value is -1.73. The molecule has 4 nitrogen and oxygen atoms in total. The van der Waals surface area contributed by atoms with Gasteiger partial charge in [0.2, 0.25) is 0 Å². The van der Waals surface area contributed by atoms with Crippen LogP contribution in [0.25, 0.3) is 0 Å². The van der Waals surface area contributed by atoms with Crippen LogP contribution in [-0.4, -0.2) is 25.3 Å². The Labute approximate surface area is 102 Å². The number of ether oxygens (including phenoxy) is 1. The number of nitriles is 1. The van der Waals surface area contributed by atoms with E-state index in [9.17, 15) is 0 Å². The zero-order chi connectivity index (χ0) is 12.4. The van der Waals surface area contributed by atoms with Gasteiger partial charge in [0.25, 0.3) is 0 Å². The first-order valence-electron chi connectivity index (χ1n) is 5.79. The highest BCUT2D eigenvalue weighted by Gasteiger charge is 2.24. The third kappa shape index (κ3) is 2.34. The third-order valence-electron chi connectivity index (χ3n) is 3.07. The van der Waals surface area contributed by atoms with Gasteiger partial charge < -0.3 is 15.4 Å². The van der Waals surface area contributed by atoms with E-state index >= 15 is 0 Å². The number of hydrogen-bond acceptors (Lipinski definition) is 4. The zero-order valence-electron chi connectivity index (χ0n) is 10.2. The number of nitrogens with two attached hydrogens (primary N) is 1. The van der Waals surface area contributed by atoms with Crippen LogP contribution in [0.15, 0.2) is 18.2 Å². The van der Waals surface area contributed by atoms with Crippen molar-refractivity contribution in [1.82, 2.24) is 0 Å². The van der Waals surface area contributed by atoms with Gasteiger partial charge in [0.15, 0.2) is 0 Å². The molecule has 0 aliphatic carbocycles. The zero-order valence-corrected chi connectivity index (χ0v) is 10.2. The number of nitrogens with zero attached hydrogens (tertiary/aromatic N) is 2. The van der Waals surface area contributed by atoms with Crippen LogP contribution in [0.1, 0.15) is 19.4 Å². The average molecular weight is 231 g/mol. The van der Waals surface area contributed by atoms with Crippen molar-refractivity contribution in [2.45, 2.75) is 26.0 Å². The van der Waals surface area contributed by atoms with Gasteiger partial charge in [0.1, 0.15) is 0 Å². The van der Waals surface area contributed by atoms with Crippen LogP contribution in [0.4, 0.5) is 11.4 Å². The number of hydrogen-bond donors (Lipinski definition) is 1. The predicted octanol–water partition coefficient (Wildman–Crippen LogP) is 1.75. The van der Waals surface area contributed by atoms with Gasteiger partial charge in [0, 0.05) is 12.6 Å². The van der Waals surface area contributed by atoms with E-state index < -0.39 is 0 Å². The van der Waals surface area contributed by atoms with Gasteiger partial charge in [-0.2, -0.15) is 5.26 Å². The molecule has 0 aromatic heterocycles. The average Bonchev–Trinajstić information content (AvgIpc) is 2.32. The number of nitrogen functional groups attached to an aromatic ring is 1. The van der Waals surface area contributed by atoms with Crippen LogP contribution < -0.4 is 10.6 Å². The second kappa shape index (κ2) is 4.64. The van der Waals surface area contributed by atoms with Crippen LogP contribution in [-0.2, 0) is 4.74 Å². The number of anilines is 2. The highest BCUT2D eigenvalue weighted by Crippen LogP contribution is 2.28. The van der Waals surface area contributed by atoms with Crippen molar-refractivity contribution >= 4 is 11.4 Å². The monoisotopic (exact) mass is 231 g/mol. The van der Waals surface area contributed by atoms with Crippen LogP contribution >= 0.6 is 0 Å². The first-order chi connectivity index (χ1) is 8.11. The Morgan fingerprint density at radius 2 is 2.24 bits per heavy atom. The smallest absolute Gasteiger partial charge is 0.0992 e. The van der Waals surface area contributed by atoms with Gasteiger partial charge in [-0.05, 0) is 32.0 Å². The predicted molar refractivity (Wildman–Crippen MR) is 67.8 cm³/mol. The maximum Gasteiger partial charge on any atom is 0.0992 e. The Morgan fingerprint density at radius 1 is 1.47 bits per heavy atom. The number of benzene rings is 1. The lowest BCUT2D eigenvalue weighted by Gasteiger charge is -2.39. The fraction of sp³-hybridized carbons (Fsp3) is 0.462. The minimum absolute atomic E-state index is 0.209. The van der Waals surface area contributed by atoms with Gasteiger partial charge >= 0.3 is 0 Å². The van der Waals surface area contributed by atoms with Crippen LogP contribution in [0, 0.1) is 11.3 Å². The first-order valence-corrected chi connectivity index (χ1v) is 5.79. The maximum atomic E-state index is 8.82. The lowest BCUT2D eigenvalue weighted by molar-refractivity contribution is 0.0344. The quantitative estimate of drug-likeness (QED) is 0.748. The molecule has 1 heterocycles. The van der Waals surface area contributed by atoms with Crippen molar-refractivity contribution in [3.63, 3.8) is 0 Å². The number of rotatable bonds is 1. The topological polar surface area (TPSA) is 62.3 Å². The highest BCUT2D eigenvalue weighted by atomic mass is 16.5. The molecule has 1 aromatic carbocycles. The lowest BCUT2D eigenvalue weighted by atomic mass is 10.1. The Kier molecular flexibility index (Phi) is 3.21. The molecule has 2 atom stereocenters. The Balaban J connectivity index is 2.30. The Bertz CT molecular complexity index is 452.